The van der Waals surface area contributed by atoms with E-state index in [1.807, 2.05) is 66.4 Å². The summed E-state index contributed by atoms with van der Waals surface area (Å²) >= 11 is 1.29. The van der Waals surface area contributed by atoms with Crippen LogP contribution >= 0.6 is 11.8 Å². The number of amides is 2. The van der Waals surface area contributed by atoms with Crippen LogP contribution in [0.25, 0.3) is 0 Å². The third kappa shape index (κ3) is 4.44. The van der Waals surface area contributed by atoms with E-state index in [4.69, 9.17) is 4.42 Å². The van der Waals surface area contributed by atoms with Gasteiger partial charge < -0.3 is 14.2 Å². The maximum Gasteiger partial charge on any atom is 0.294 e. The van der Waals surface area contributed by atoms with Crippen molar-refractivity contribution in [1.29, 1.82) is 0 Å². The zero-order valence-electron chi connectivity index (χ0n) is 19.3. The molecule has 0 N–H and O–H groups in total. The van der Waals surface area contributed by atoms with Gasteiger partial charge in [0, 0.05) is 24.5 Å². The SMILES string of the molecule is C[C@@H]1C[C@@H](N(C(=O)CSc2nnnn2C)c2ccccc2)c2ccccc2N1C(=O)c1ccco1. The molecule has 0 bridgehead atoms. The first-order chi connectivity index (χ1) is 17.0. The van der Waals surface area contributed by atoms with Crippen molar-refractivity contribution >= 4 is 35.0 Å². The first kappa shape index (κ1) is 22.9. The second-order valence-electron chi connectivity index (χ2n) is 8.28. The topological polar surface area (TPSA) is 97.4 Å². The number of anilines is 2. The summed E-state index contributed by atoms with van der Waals surface area (Å²) in [6, 6.07) is 20.3. The number of furan rings is 1. The van der Waals surface area contributed by atoms with Crippen LogP contribution < -0.4 is 9.80 Å². The number of hydrogen-bond donors (Lipinski definition) is 0. The number of aryl methyl sites for hydroxylation is 1. The Morgan fingerprint density at radius 2 is 1.86 bits per heavy atom. The molecular formula is C25H24N6O3S. The minimum absolute atomic E-state index is 0.0676. The third-order valence-corrected chi connectivity index (χ3v) is 7.03. The average Bonchev–Trinajstić information content (AvgIpc) is 3.55. The Balaban J connectivity index is 1.51. The largest absolute Gasteiger partial charge is 0.459 e. The molecular weight excluding hydrogens is 464 g/mol. The molecule has 0 saturated heterocycles. The van der Waals surface area contributed by atoms with E-state index in [9.17, 15) is 9.59 Å². The molecule has 0 saturated carbocycles. The number of tetrazole rings is 1. The molecule has 35 heavy (non-hydrogen) atoms. The molecule has 2 atom stereocenters. The van der Waals surface area contributed by atoms with E-state index in [1.165, 1.54) is 18.0 Å². The Hall–Kier alpha value is -3.92. The number of hydrogen-bond acceptors (Lipinski definition) is 7. The fraction of sp³-hybridized carbons (Fsp3) is 0.240. The highest BCUT2D eigenvalue weighted by Gasteiger charge is 2.39. The second kappa shape index (κ2) is 9.75. The monoisotopic (exact) mass is 488 g/mol. The molecule has 0 unspecified atom stereocenters. The molecule has 2 aromatic heterocycles. The van der Waals surface area contributed by atoms with Crippen molar-refractivity contribution in [2.75, 3.05) is 15.6 Å². The van der Waals surface area contributed by atoms with Gasteiger partial charge in [0.2, 0.25) is 11.1 Å². The van der Waals surface area contributed by atoms with Crippen LogP contribution in [-0.4, -0.2) is 43.8 Å². The minimum Gasteiger partial charge on any atom is -0.459 e. The van der Waals surface area contributed by atoms with Crippen LogP contribution in [0.2, 0.25) is 0 Å². The summed E-state index contributed by atoms with van der Waals surface area (Å²) in [5.41, 5.74) is 2.48. The van der Waals surface area contributed by atoms with Crippen LogP contribution in [0.4, 0.5) is 11.4 Å². The van der Waals surface area contributed by atoms with Crippen LogP contribution in [0, 0.1) is 0 Å². The Morgan fingerprint density at radius 3 is 2.57 bits per heavy atom. The van der Waals surface area contributed by atoms with Gasteiger partial charge in [0.15, 0.2) is 5.76 Å². The molecule has 1 aliphatic heterocycles. The van der Waals surface area contributed by atoms with Gasteiger partial charge in [-0.25, -0.2) is 4.68 Å². The highest BCUT2D eigenvalue weighted by Crippen LogP contribution is 2.43. The zero-order valence-corrected chi connectivity index (χ0v) is 20.1. The summed E-state index contributed by atoms with van der Waals surface area (Å²) in [4.78, 5) is 30.6. The highest BCUT2D eigenvalue weighted by molar-refractivity contribution is 7.99. The summed E-state index contributed by atoms with van der Waals surface area (Å²) in [6.45, 7) is 2.00. The van der Waals surface area contributed by atoms with E-state index in [2.05, 4.69) is 15.5 Å². The molecule has 2 aromatic carbocycles. The number of carbonyl (C=O) groups excluding carboxylic acids is 2. The summed E-state index contributed by atoms with van der Waals surface area (Å²) in [5, 5.41) is 12.0. The normalized spacial score (nSPS) is 17.1. The number of nitrogens with zero attached hydrogens (tertiary/aromatic N) is 6. The van der Waals surface area contributed by atoms with Crippen LogP contribution in [0.1, 0.15) is 35.5 Å². The van der Waals surface area contributed by atoms with E-state index in [0.29, 0.717) is 11.6 Å². The number of carbonyl (C=O) groups is 2. The molecule has 1 aliphatic rings. The lowest BCUT2D eigenvalue weighted by Crippen LogP contribution is -2.48. The predicted octanol–water partition coefficient (Wildman–Crippen LogP) is 4.11. The molecule has 0 fully saturated rings. The number of aromatic nitrogens is 4. The van der Waals surface area contributed by atoms with Gasteiger partial charge in [0.05, 0.1) is 18.1 Å². The van der Waals surface area contributed by atoms with Crippen LogP contribution in [0.3, 0.4) is 0 Å². The zero-order chi connectivity index (χ0) is 24.4. The van der Waals surface area contributed by atoms with E-state index in [0.717, 1.165) is 16.9 Å². The molecule has 9 nitrogen and oxygen atoms in total. The Kier molecular flexibility index (Phi) is 6.37. The third-order valence-electron chi connectivity index (χ3n) is 6.03. The van der Waals surface area contributed by atoms with Crippen LogP contribution in [0.15, 0.2) is 82.6 Å². The summed E-state index contributed by atoms with van der Waals surface area (Å²) in [5.74, 6) is 0.193. The number of para-hydroxylation sites is 2. The lowest BCUT2D eigenvalue weighted by atomic mass is 9.89. The van der Waals surface area contributed by atoms with E-state index >= 15 is 0 Å². The molecule has 0 spiro atoms. The van der Waals surface area contributed by atoms with Gasteiger partial charge in [-0.05, 0) is 59.7 Å². The van der Waals surface area contributed by atoms with Gasteiger partial charge in [-0.3, -0.25) is 9.59 Å². The first-order valence-corrected chi connectivity index (χ1v) is 12.2. The van der Waals surface area contributed by atoms with Crippen molar-refractivity contribution < 1.29 is 14.0 Å². The standard InChI is InChI=1S/C25H24N6O3S/c1-17-15-21(19-11-6-7-12-20(19)30(17)24(33)22-13-8-14-34-22)31(18-9-4-3-5-10-18)23(32)16-35-25-26-27-28-29(25)2/h3-14,17,21H,15-16H2,1-2H3/t17-,21-/m1/s1. The van der Waals surface area contributed by atoms with Crippen molar-refractivity contribution in [2.24, 2.45) is 7.05 Å². The number of fused-ring (bicyclic) bond motifs is 1. The quantitative estimate of drug-likeness (QED) is 0.377. The molecule has 4 aromatic rings. The lowest BCUT2D eigenvalue weighted by molar-refractivity contribution is -0.116. The average molecular weight is 489 g/mol. The van der Waals surface area contributed by atoms with Crippen molar-refractivity contribution in [1.82, 2.24) is 20.2 Å². The van der Waals surface area contributed by atoms with E-state index in [-0.39, 0.29) is 35.4 Å². The van der Waals surface area contributed by atoms with Crippen LogP contribution in [-0.2, 0) is 11.8 Å². The number of thioether (sulfide) groups is 1. The fourth-order valence-corrected chi connectivity index (χ4v) is 5.19. The summed E-state index contributed by atoms with van der Waals surface area (Å²) in [6.07, 6.45) is 2.07. The van der Waals surface area contributed by atoms with Gasteiger partial charge >= 0.3 is 0 Å². The number of rotatable bonds is 6. The maximum atomic E-state index is 13.7. The summed E-state index contributed by atoms with van der Waals surface area (Å²) < 4.78 is 6.94. The van der Waals surface area contributed by atoms with Gasteiger partial charge in [-0.1, -0.05) is 48.2 Å². The first-order valence-electron chi connectivity index (χ1n) is 11.2. The minimum atomic E-state index is -0.255. The second-order valence-corrected chi connectivity index (χ2v) is 9.23. The smallest absolute Gasteiger partial charge is 0.294 e. The highest BCUT2D eigenvalue weighted by atomic mass is 32.2. The predicted molar refractivity (Wildman–Crippen MR) is 132 cm³/mol. The number of benzene rings is 2. The molecule has 3 heterocycles. The molecule has 0 aliphatic carbocycles. The van der Waals surface area contributed by atoms with Gasteiger partial charge in [-0.15, -0.1) is 5.10 Å². The molecule has 0 radical (unpaired) electrons. The summed E-state index contributed by atoms with van der Waals surface area (Å²) in [7, 11) is 1.74. The van der Waals surface area contributed by atoms with Gasteiger partial charge in [-0.2, -0.15) is 0 Å². The Morgan fingerprint density at radius 1 is 1.09 bits per heavy atom. The van der Waals surface area contributed by atoms with Crippen molar-refractivity contribution in [3.05, 3.63) is 84.3 Å². The fourth-order valence-electron chi connectivity index (χ4n) is 4.48. The van der Waals surface area contributed by atoms with E-state index in [1.54, 1.807) is 28.8 Å². The van der Waals surface area contributed by atoms with Gasteiger partial charge in [0.1, 0.15) is 0 Å². The molecule has 178 valence electrons. The Bertz CT molecular complexity index is 1320. The van der Waals surface area contributed by atoms with Gasteiger partial charge in [0.25, 0.3) is 5.91 Å². The lowest BCUT2D eigenvalue weighted by Gasteiger charge is -2.43. The Labute approximate surface area is 206 Å². The molecule has 5 rings (SSSR count). The molecule has 10 heteroatoms. The van der Waals surface area contributed by atoms with Crippen LogP contribution in [0.5, 0.6) is 0 Å². The van der Waals surface area contributed by atoms with Crippen molar-refractivity contribution in [2.45, 2.75) is 30.6 Å². The maximum absolute atomic E-state index is 13.7. The van der Waals surface area contributed by atoms with E-state index < -0.39 is 0 Å². The molecule has 2 amide bonds. The van der Waals surface area contributed by atoms with Crippen molar-refractivity contribution in [3.63, 3.8) is 0 Å². The van der Waals surface area contributed by atoms with Crippen molar-refractivity contribution in [3.8, 4) is 0 Å².